The van der Waals surface area contributed by atoms with Crippen molar-refractivity contribution in [3.05, 3.63) is 71.4 Å². The van der Waals surface area contributed by atoms with E-state index in [0.717, 1.165) is 68.3 Å². The Balaban J connectivity index is 1.17. The molecule has 2 saturated heterocycles. The smallest absolute Gasteiger partial charge is 0.229 e. The highest BCUT2D eigenvalue weighted by Crippen LogP contribution is 2.27. The average Bonchev–Trinajstić information content (AvgIpc) is 2.95. The number of carbonyl (C=O) groups is 2. The highest BCUT2D eigenvalue weighted by atomic mass is 16.5. The van der Waals surface area contributed by atoms with Crippen LogP contribution in [0.1, 0.15) is 47.4 Å². The molecule has 1 aromatic heterocycles. The summed E-state index contributed by atoms with van der Waals surface area (Å²) in [6, 6.07) is 15.2. The largest absolute Gasteiger partial charge is 0.371 e. The number of piperidine rings is 1. The first-order valence-corrected chi connectivity index (χ1v) is 13.2. The van der Waals surface area contributed by atoms with Crippen LogP contribution in [0.3, 0.4) is 0 Å². The number of nitrogens with one attached hydrogen (secondary N) is 3. The molecule has 3 aromatic rings. The van der Waals surface area contributed by atoms with Crippen molar-refractivity contribution >= 4 is 34.8 Å². The van der Waals surface area contributed by atoms with Gasteiger partial charge in [0, 0.05) is 60.8 Å². The van der Waals surface area contributed by atoms with Gasteiger partial charge in [0.25, 0.3) is 0 Å². The van der Waals surface area contributed by atoms with E-state index in [-0.39, 0.29) is 23.7 Å². The van der Waals surface area contributed by atoms with Gasteiger partial charge >= 0.3 is 0 Å². The lowest BCUT2D eigenvalue weighted by molar-refractivity contribution is -0.120. The molecular formula is C29H34N6O3. The van der Waals surface area contributed by atoms with Crippen LogP contribution in [0.5, 0.6) is 0 Å². The molecule has 1 atom stereocenters. The third-order valence-electron chi connectivity index (χ3n) is 7.14. The van der Waals surface area contributed by atoms with E-state index in [9.17, 15) is 9.59 Å². The lowest BCUT2D eigenvalue weighted by Crippen LogP contribution is -2.39. The number of morpholine rings is 1. The first-order chi connectivity index (χ1) is 18.5. The monoisotopic (exact) mass is 514 g/mol. The second-order valence-corrected chi connectivity index (χ2v) is 9.89. The van der Waals surface area contributed by atoms with Gasteiger partial charge in [-0.3, -0.25) is 9.59 Å². The minimum absolute atomic E-state index is 0.00839. The van der Waals surface area contributed by atoms with Gasteiger partial charge < -0.3 is 25.6 Å². The molecule has 5 rings (SSSR count). The average molecular weight is 515 g/mol. The van der Waals surface area contributed by atoms with Gasteiger partial charge in [0.15, 0.2) is 5.78 Å². The van der Waals surface area contributed by atoms with E-state index in [0.29, 0.717) is 17.2 Å². The van der Waals surface area contributed by atoms with Crippen LogP contribution >= 0.6 is 0 Å². The van der Waals surface area contributed by atoms with Crippen molar-refractivity contribution < 1.29 is 14.3 Å². The summed E-state index contributed by atoms with van der Waals surface area (Å²) < 4.78 is 5.83. The Hall–Kier alpha value is -3.82. The second-order valence-electron chi connectivity index (χ2n) is 9.89. The van der Waals surface area contributed by atoms with Gasteiger partial charge in [-0.1, -0.05) is 12.1 Å². The molecule has 2 aliphatic heterocycles. The SMILES string of the molecule is CC(=O)c1ccc(NC(=O)C2CCN(c3nc(Nc4ccc(C5CNCCO5)cc4)ncc3C)CC2)cc1. The molecule has 1 amide bonds. The topological polar surface area (TPSA) is 108 Å². The summed E-state index contributed by atoms with van der Waals surface area (Å²) in [7, 11) is 0. The number of aromatic nitrogens is 2. The molecule has 0 bridgehead atoms. The number of hydrogen-bond donors (Lipinski definition) is 3. The van der Waals surface area contributed by atoms with Gasteiger partial charge in [-0.05, 0) is 68.7 Å². The Kier molecular flexibility index (Phi) is 7.95. The fourth-order valence-corrected chi connectivity index (χ4v) is 4.89. The molecule has 2 fully saturated rings. The van der Waals surface area contributed by atoms with Crippen LogP contribution in [-0.2, 0) is 9.53 Å². The predicted molar refractivity (Wildman–Crippen MR) is 148 cm³/mol. The van der Waals surface area contributed by atoms with Crippen molar-refractivity contribution in [2.45, 2.75) is 32.8 Å². The first kappa shape index (κ1) is 25.8. The van der Waals surface area contributed by atoms with E-state index in [1.165, 1.54) is 6.92 Å². The number of benzene rings is 2. The van der Waals surface area contributed by atoms with E-state index in [1.54, 1.807) is 24.3 Å². The molecule has 9 heteroatoms. The van der Waals surface area contributed by atoms with Gasteiger partial charge in [-0.25, -0.2) is 4.98 Å². The number of amides is 1. The van der Waals surface area contributed by atoms with Crippen molar-refractivity contribution in [1.29, 1.82) is 0 Å². The summed E-state index contributed by atoms with van der Waals surface area (Å²) in [5.41, 5.74) is 4.41. The van der Waals surface area contributed by atoms with Crippen LogP contribution in [0.2, 0.25) is 0 Å². The molecule has 198 valence electrons. The summed E-state index contributed by atoms with van der Waals surface area (Å²) in [5.74, 6) is 1.39. The highest BCUT2D eigenvalue weighted by molar-refractivity contribution is 5.96. The lowest BCUT2D eigenvalue weighted by Gasteiger charge is -2.33. The summed E-state index contributed by atoms with van der Waals surface area (Å²) in [6.07, 6.45) is 3.40. The number of anilines is 4. The molecule has 2 aliphatic rings. The summed E-state index contributed by atoms with van der Waals surface area (Å²) in [4.78, 5) is 35.8. The molecule has 0 spiro atoms. The second kappa shape index (κ2) is 11.7. The Labute approximate surface area is 223 Å². The van der Waals surface area contributed by atoms with E-state index in [4.69, 9.17) is 9.72 Å². The van der Waals surface area contributed by atoms with Crippen LogP contribution < -0.4 is 20.9 Å². The minimum atomic E-state index is -0.0691. The van der Waals surface area contributed by atoms with Gasteiger partial charge in [-0.2, -0.15) is 4.98 Å². The summed E-state index contributed by atoms with van der Waals surface area (Å²) in [5, 5.41) is 9.66. The number of hydrogen-bond acceptors (Lipinski definition) is 8. The predicted octanol–water partition coefficient (Wildman–Crippen LogP) is 4.25. The third-order valence-corrected chi connectivity index (χ3v) is 7.14. The zero-order chi connectivity index (χ0) is 26.5. The number of carbonyl (C=O) groups excluding carboxylic acids is 2. The van der Waals surface area contributed by atoms with Crippen LogP contribution in [0.15, 0.2) is 54.7 Å². The van der Waals surface area contributed by atoms with E-state index in [1.807, 2.05) is 25.3 Å². The number of aryl methyl sites for hydroxylation is 1. The standard InChI is InChI=1S/C29H34N6O3/c1-19-17-31-29(33-25-9-5-22(6-10-25)26-18-30-13-16-38-26)34-27(19)35-14-11-23(12-15-35)28(37)32-24-7-3-21(4-8-24)20(2)36/h3-10,17,23,26,30H,11-16,18H2,1-2H3,(H,32,37)(H,31,33,34). The zero-order valence-corrected chi connectivity index (χ0v) is 21.9. The Morgan fingerprint density at radius 3 is 2.39 bits per heavy atom. The third kappa shape index (κ3) is 6.17. The number of nitrogens with zero attached hydrogens (tertiary/aromatic N) is 3. The number of ether oxygens (including phenoxy) is 1. The van der Waals surface area contributed by atoms with Gasteiger partial charge in [-0.15, -0.1) is 0 Å². The number of Topliss-reactive ketones (excluding diaryl/α,β-unsaturated/α-hetero) is 1. The molecule has 0 aliphatic carbocycles. The Bertz CT molecular complexity index is 1260. The fourth-order valence-electron chi connectivity index (χ4n) is 4.89. The molecule has 9 nitrogen and oxygen atoms in total. The molecule has 2 aromatic carbocycles. The molecule has 0 radical (unpaired) electrons. The maximum absolute atomic E-state index is 12.8. The van der Waals surface area contributed by atoms with E-state index < -0.39 is 0 Å². The maximum atomic E-state index is 12.8. The Morgan fingerprint density at radius 2 is 1.74 bits per heavy atom. The highest BCUT2D eigenvalue weighted by Gasteiger charge is 2.27. The lowest BCUT2D eigenvalue weighted by atomic mass is 9.95. The van der Waals surface area contributed by atoms with E-state index in [2.05, 4.69) is 38.0 Å². The molecular weight excluding hydrogens is 480 g/mol. The normalized spacial score (nSPS) is 18.2. The van der Waals surface area contributed by atoms with Crippen molar-refractivity contribution in [1.82, 2.24) is 15.3 Å². The number of rotatable bonds is 7. The van der Waals surface area contributed by atoms with Crippen molar-refractivity contribution in [2.24, 2.45) is 5.92 Å². The fraction of sp³-hybridized carbons (Fsp3) is 0.379. The van der Waals surface area contributed by atoms with Crippen LogP contribution in [0, 0.1) is 12.8 Å². The zero-order valence-electron chi connectivity index (χ0n) is 21.9. The molecule has 3 heterocycles. The van der Waals surface area contributed by atoms with Gasteiger partial charge in [0.1, 0.15) is 5.82 Å². The van der Waals surface area contributed by atoms with Crippen molar-refractivity contribution in [3.63, 3.8) is 0 Å². The summed E-state index contributed by atoms with van der Waals surface area (Å²) >= 11 is 0. The molecule has 38 heavy (non-hydrogen) atoms. The van der Waals surface area contributed by atoms with Gasteiger partial charge in [0.05, 0.1) is 12.7 Å². The minimum Gasteiger partial charge on any atom is -0.371 e. The van der Waals surface area contributed by atoms with E-state index >= 15 is 0 Å². The van der Waals surface area contributed by atoms with Crippen LogP contribution in [-0.4, -0.2) is 54.4 Å². The molecule has 1 unspecified atom stereocenters. The van der Waals surface area contributed by atoms with Crippen molar-refractivity contribution in [2.75, 3.05) is 48.3 Å². The van der Waals surface area contributed by atoms with Gasteiger partial charge in [0.2, 0.25) is 11.9 Å². The quantitative estimate of drug-likeness (QED) is 0.402. The maximum Gasteiger partial charge on any atom is 0.229 e. The summed E-state index contributed by atoms with van der Waals surface area (Å²) in [6.45, 7) is 7.46. The molecule has 3 N–H and O–H groups in total. The Morgan fingerprint density at radius 1 is 1.03 bits per heavy atom. The number of ketones is 1. The molecule has 0 saturated carbocycles. The van der Waals surface area contributed by atoms with Crippen LogP contribution in [0.25, 0.3) is 0 Å². The van der Waals surface area contributed by atoms with Crippen molar-refractivity contribution in [3.8, 4) is 0 Å². The van der Waals surface area contributed by atoms with Crippen LogP contribution in [0.4, 0.5) is 23.1 Å². The first-order valence-electron chi connectivity index (χ1n) is 13.2.